The Bertz CT molecular complexity index is 952. The normalized spacial score (nSPS) is 10.6. The number of nitrogens with one attached hydrogen (secondary N) is 2. The molecule has 1 heterocycles. The fourth-order valence-corrected chi connectivity index (χ4v) is 2.12. The maximum absolute atomic E-state index is 13.2. The highest BCUT2D eigenvalue weighted by Gasteiger charge is 2.10. The summed E-state index contributed by atoms with van der Waals surface area (Å²) in [4.78, 5) is 19.8. The summed E-state index contributed by atoms with van der Waals surface area (Å²) in [5.41, 5.74) is 0.325. The highest BCUT2D eigenvalue weighted by molar-refractivity contribution is 6.31. The van der Waals surface area contributed by atoms with Gasteiger partial charge in [0.05, 0.1) is 22.9 Å². The number of hydrogen-bond donors (Lipinski definition) is 3. The number of anilines is 2. The molecule has 0 spiro atoms. The number of carbonyl (C=O) groups is 1. The number of nitrogens with zero attached hydrogens (tertiary/aromatic N) is 2. The Morgan fingerprint density at radius 2 is 1.79 bits per heavy atom. The predicted octanol–water partition coefficient (Wildman–Crippen LogP) is 3.91. The number of carbonyl (C=O) groups excluding carboxylic acids is 1. The molecule has 0 saturated carbocycles. The smallest absolute Gasteiger partial charge is 0.325 e. The van der Waals surface area contributed by atoms with Crippen molar-refractivity contribution in [2.45, 2.75) is 0 Å². The van der Waals surface area contributed by atoms with Crippen LogP contribution in [0.5, 0.6) is 5.75 Å². The molecule has 3 aromatic rings. The minimum absolute atomic E-state index is 0.0209. The van der Waals surface area contributed by atoms with E-state index in [1.54, 1.807) is 0 Å². The van der Waals surface area contributed by atoms with Crippen LogP contribution in [0.3, 0.4) is 0 Å². The molecule has 24 heavy (non-hydrogen) atoms. The summed E-state index contributed by atoms with van der Waals surface area (Å²) < 4.78 is 26.3. The Kier molecular flexibility index (Phi) is 4.13. The van der Waals surface area contributed by atoms with Gasteiger partial charge in [0, 0.05) is 17.2 Å². The lowest BCUT2D eigenvalue weighted by Crippen LogP contribution is -2.20. The van der Waals surface area contributed by atoms with Crippen LogP contribution in [-0.2, 0) is 0 Å². The lowest BCUT2D eigenvalue weighted by molar-refractivity contribution is 0.262. The second-order valence-corrected chi connectivity index (χ2v) is 5.19. The van der Waals surface area contributed by atoms with Crippen LogP contribution in [-0.4, -0.2) is 21.1 Å². The van der Waals surface area contributed by atoms with Crippen molar-refractivity contribution < 1.29 is 18.7 Å². The molecule has 3 N–H and O–H groups in total. The van der Waals surface area contributed by atoms with Crippen molar-refractivity contribution in [1.29, 1.82) is 0 Å². The van der Waals surface area contributed by atoms with Crippen molar-refractivity contribution >= 4 is 40.2 Å². The van der Waals surface area contributed by atoms with Gasteiger partial charge in [-0.2, -0.15) is 0 Å². The number of phenolic OH excluding ortho intramolecular Hbond substituents is 1. The average molecular weight is 351 g/mol. The van der Waals surface area contributed by atoms with Gasteiger partial charge in [-0.3, -0.25) is 10.3 Å². The second kappa shape index (κ2) is 6.25. The standard InChI is InChI=1S/C15H9ClF2N4O2/c16-7-1-2-13(23)12(3-7)21-15(24)22-14-6-19-10-4-8(17)9(18)5-11(10)20-14/h1-6,23H,(H2,20,21,22,24). The van der Waals surface area contributed by atoms with Crippen molar-refractivity contribution in [2.75, 3.05) is 10.6 Å². The molecule has 2 amide bonds. The Hall–Kier alpha value is -3.00. The summed E-state index contributed by atoms with van der Waals surface area (Å²) in [6, 6.07) is 5.22. The van der Waals surface area contributed by atoms with Crippen LogP contribution in [0.25, 0.3) is 11.0 Å². The number of aromatic hydroxyl groups is 1. The number of halogens is 3. The fraction of sp³-hybridized carbons (Fsp3) is 0. The first-order valence-corrected chi connectivity index (χ1v) is 6.98. The molecule has 2 aromatic carbocycles. The van der Waals surface area contributed by atoms with Crippen LogP contribution in [0, 0.1) is 11.6 Å². The first kappa shape index (κ1) is 15.9. The summed E-state index contributed by atoms with van der Waals surface area (Å²) in [6.07, 6.45) is 1.19. The van der Waals surface area contributed by atoms with Crippen molar-refractivity contribution in [1.82, 2.24) is 9.97 Å². The van der Waals surface area contributed by atoms with Gasteiger partial charge in [-0.1, -0.05) is 11.6 Å². The first-order chi connectivity index (χ1) is 11.4. The number of rotatable bonds is 2. The van der Waals surface area contributed by atoms with Gasteiger partial charge in [0.2, 0.25) is 0 Å². The maximum atomic E-state index is 13.2. The zero-order valence-electron chi connectivity index (χ0n) is 11.8. The molecular weight excluding hydrogens is 342 g/mol. The third-order valence-corrected chi connectivity index (χ3v) is 3.27. The molecule has 0 aliphatic rings. The van der Waals surface area contributed by atoms with E-state index >= 15 is 0 Å². The SMILES string of the molecule is O=C(Nc1cnc2cc(F)c(F)cc2n1)Nc1cc(Cl)ccc1O. The molecule has 6 nitrogen and oxygen atoms in total. The number of aromatic nitrogens is 2. The van der Waals surface area contributed by atoms with Crippen molar-refractivity contribution in [3.05, 3.63) is 53.2 Å². The van der Waals surface area contributed by atoms with Gasteiger partial charge in [-0.15, -0.1) is 0 Å². The van der Waals surface area contributed by atoms with E-state index in [9.17, 15) is 18.7 Å². The van der Waals surface area contributed by atoms with Gasteiger partial charge in [0.15, 0.2) is 17.5 Å². The predicted molar refractivity (Wildman–Crippen MR) is 85.2 cm³/mol. The number of amides is 2. The molecule has 0 radical (unpaired) electrons. The van der Waals surface area contributed by atoms with Gasteiger partial charge in [0.25, 0.3) is 0 Å². The van der Waals surface area contributed by atoms with E-state index in [1.807, 2.05) is 0 Å². The highest BCUT2D eigenvalue weighted by atomic mass is 35.5. The zero-order chi connectivity index (χ0) is 17.3. The lowest BCUT2D eigenvalue weighted by Gasteiger charge is -2.09. The molecule has 122 valence electrons. The van der Waals surface area contributed by atoms with Crippen LogP contribution in [0.4, 0.5) is 25.1 Å². The third kappa shape index (κ3) is 3.33. The van der Waals surface area contributed by atoms with E-state index in [0.717, 1.165) is 12.1 Å². The Balaban J connectivity index is 1.80. The van der Waals surface area contributed by atoms with Crippen molar-refractivity contribution in [2.24, 2.45) is 0 Å². The van der Waals surface area contributed by atoms with E-state index in [1.165, 1.54) is 24.4 Å². The van der Waals surface area contributed by atoms with Gasteiger partial charge in [-0.25, -0.2) is 18.6 Å². The van der Waals surface area contributed by atoms with Crippen molar-refractivity contribution in [3.63, 3.8) is 0 Å². The minimum atomic E-state index is -1.07. The first-order valence-electron chi connectivity index (χ1n) is 6.61. The summed E-state index contributed by atoms with van der Waals surface area (Å²) in [7, 11) is 0. The van der Waals surface area contributed by atoms with Crippen LogP contribution >= 0.6 is 11.6 Å². The molecule has 0 atom stereocenters. The third-order valence-electron chi connectivity index (χ3n) is 3.03. The number of benzene rings is 2. The van der Waals surface area contributed by atoms with Crippen LogP contribution < -0.4 is 10.6 Å². The van der Waals surface area contributed by atoms with Gasteiger partial charge in [0.1, 0.15) is 5.75 Å². The maximum Gasteiger partial charge on any atom is 0.325 e. The zero-order valence-corrected chi connectivity index (χ0v) is 12.6. The van der Waals surface area contributed by atoms with Gasteiger partial charge < -0.3 is 10.4 Å². The minimum Gasteiger partial charge on any atom is -0.506 e. The molecular formula is C15H9ClF2N4O2. The number of urea groups is 1. The van der Waals surface area contributed by atoms with E-state index in [2.05, 4.69) is 20.6 Å². The van der Waals surface area contributed by atoms with E-state index in [4.69, 9.17) is 11.6 Å². The van der Waals surface area contributed by atoms with E-state index in [0.29, 0.717) is 5.02 Å². The summed E-state index contributed by atoms with van der Waals surface area (Å²) >= 11 is 5.78. The van der Waals surface area contributed by atoms with Crippen LogP contribution in [0.2, 0.25) is 5.02 Å². The van der Waals surface area contributed by atoms with E-state index in [-0.39, 0.29) is 28.3 Å². The highest BCUT2D eigenvalue weighted by Crippen LogP contribution is 2.26. The van der Waals surface area contributed by atoms with Crippen molar-refractivity contribution in [3.8, 4) is 5.75 Å². The number of fused-ring (bicyclic) bond motifs is 1. The second-order valence-electron chi connectivity index (χ2n) is 4.75. The fourth-order valence-electron chi connectivity index (χ4n) is 1.95. The quantitative estimate of drug-likeness (QED) is 0.611. The van der Waals surface area contributed by atoms with Crippen LogP contribution in [0.15, 0.2) is 36.5 Å². The largest absolute Gasteiger partial charge is 0.506 e. The van der Waals surface area contributed by atoms with Crippen LogP contribution in [0.1, 0.15) is 0 Å². The molecule has 3 rings (SSSR count). The monoisotopic (exact) mass is 350 g/mol. The molecule has 0 unspecified atom stereocenters. The molecule has 1 aromatic heterocycles. The Labute approximate surface area is 139 Å². The summed E-state index contributed by atoms with van der Waals surface area (Å²) in [6.45, 7) is 0. The molecule has 0 aliphatic heterocycles. The van der Waals surface area contributed by atoms with Gasteiger partial charge >= 0.3 is 6.03 Å². The number of phenols is 1. The topological polar surface area (TPSA) is 87.1 Å². The summed E-state index contributed by atoms with van der Waals surface area (Å²) in [5.74, 6) is -2.25. The summed E-state index contributed by atoms with van der Waals surface area (Å²) in [5, 5.41) is 14.7. The molecule has 9 heteroatoms. The lowest BCUT2D eigenvalue weighted by atomic mass is 10.3. The molecule has 0 saturated heterocycles. The van der Waals surface area contributed by atoms with E-state index < -0.39 is 17.7 Å². The number of hydrogen-bond acceptors (Lipinski definition) is 4. The Morgan fingerprint density at radius 3 is 2.54 bits per heavy atom. The Morgan fingerprint density at radius 1 is 1.08 bits per heavy atom. The molecule has 0 bridgehead atoms. The average Bonchev–Trinajstić information content (AvgIpc) is 2.52. The molecule has 0 aliphatic carbocycles. The van der Waals surface area contributed by atoms with Gasteiger partial charge in [-0.05, 0) is 18.2 Å². The molecule has 0 fully saturated rings.